The van der Waals surface area contributed by atoms with Crippen LogP contribution in [0, 0.1) is 5.41 Å². The molecule has 0 spiro atoms. The van der Waals surface area contributed by atoms with Crippen molar-refractivity contribution in [2.24, 2.45) is 5.41 Å². The SMILES string of the molecule is CCC1(CC)CCN(S(C)(=O)=O)C1. The number of hydrogen-bond acceptors (Lipinski definition) is 2. The van der Waals surface area contributed by atoms with Gasteiger partial charge in [0, 0.05) is 13.1 Å². The van der Waals surface area contributed by atoms with Crippen LogP contribution in [-0.4, -0.2) is 32.1 Å². The molecule has 78 valence electrons. The van der Waals surface area contributed by atoms with E-state index in [1.807, 2.05) is 0 Å². The van der Waals surface area contributed by atoms with Crippen molar-refractivity contribution < 1.29 is 8.42 Å². The molecule has 1 aliphatic rings. The van der Waals surface area contributed by atoms with Crippen LogP contribution in [0.2, 0.25) is 0 Å². The summed E-state index contributed by atoms with van der Waals surface area (Å²) in [5.74, 6) is 0. The molecule has 4 heteroatoms. The lowest BCUT2D eigenvalue weighted by molar-refractivity contribution is 0.280. The molecule has 0 radical (unpaired) electrons. The third kappa shape index (κ3) is 2.23. The van der Waals surface area contributed by atoms with Crippen molar-refractivity contribution in [2.45, 2.75) is 33.1 Å². The van der Waals surface area contributed by atoms with Crippen molar-refractivity contribution >= 4 is 10.0 Å². The molecule has 1 saturated heterocycles. The van der Waals surface area contributed by atoms with Gasteiger partial charge in [0.25, 0.3) is 0 Å². The van der Waals surface area contributed by atoms with E-state index in [0.29, 0.717) is 6.54 Å². The highest BCUT2D eigenvalue weighted by Gasteiger charge is 2.38. The molecule has 1 rings (SSSR count). The fourth-order valence-electron chi connectivity index (χ4n) is 2.00. The minimum Gasteiger partial charge on any atom is -0.213 e. The minimum absolute atomic E-state index is 0.253. The standard InChI is InChI=1S/C9H19NO2S/c1-4-9(5-2)6-7-10(8-9)13(3,11)12/h4-8H2,1-3H3. The average Bonchev–Trinajstić information content (AvgIpc) is 2.48. The Morgan fingerprint density at radius 1 is 1.31 bits per heavy atom. The Labute approximate surface area is 81.2 Å². The highest BCUT2D eigenvalue weighted by atomic mass is 32.2. The van der Waals surface area contributed by atoms with Crippen LogP contribution < -0.4 is 0 Å². The van der Waals surface area contributed by atoms with Crippen molar-refractivity contribution in [1.82, 2.24) is 4.31 Å². The largest absolute Gasteiger partial charge is 0.213 e. The zero-order valence-corrected chi connectivity index (χ0v) is 9.52. The van der Waals surface area contributed by atoms with Crippen LogP contribution in [0.25, 0.3) is 0 Å². The first-order valence-electron chi connectivity index (χ1n) is 4.89. The van der Waals surface area contributed by atoms with E-state index in [4.69, 9.17) is 0 Å². The summed E-state index contributed by atoms with van der Waals surface area (Å²) in [5.41, 5.74) is 0.253. The lowest BCUT2D eigenvalue weighted by Crippen LogP contribution is -2.30. The van der Waals surface area contributed by atoms with Crippen LogP contribution in [0.4, 0.5) is 0 Å². The molecule has 1 heterocycles. The predicted molar refractivity (Wildman–Crippen MR) is 54.0 cm³/mol. The van der Waals surface area contributed by atoms with E-state index in [9.17, 15) is 8.42 Å². The molecule has 0 aromatic rings. The number of nitrogens with zero attached hydrogens (tertiary/aromatic N) is 1. The first-order chi connectivity index (χ1) is 5.93. The summed E-state index contributed by atoms with van der Waals surface area (Å²) in [5, 5.41) is 0. The number of hydrogen-bond donors (Lipinski definition) is 0. The molecule has 0 N–H and O–H groups in total. The van der Waals surface area contributed by atoms with Gasteiger partial charge in [0.2, 0.25) is 10.0 Å². The van der Waals surface area contributed by atoms with Crippen LogP contribution in [-0.2, 0) is 10.0 Å². The van der Waals surface area contributed by atoms with E-state index >= 15 is 0 Å². The van der Waals surface area contributed by atoms with Gasteiger partial charge in [0.05, 0.1) is 6.26 Å². The molecule has 1 fully saturated rings. The molecule has 1 aliphatic heterocycles. The smallest absolute Gasteiger partial charge is 0.211 e. The summed E-state index contributed by atoms with van der Waals surface area (Å²) in [6.45, 7) is 5.73. The van der Waals surface area contributed by atoms with Gasteiger partial charge in [-0.2, -0.15) is 0 Å². The summed E-state index contributed by atoms with van der Waals surface area (Å²) in [7, 11) is -2.96. The molecular formula is C9H19NO2S. The van der Waals surface area contributed by atoms with Gasteiger partial charge in [-0.1, -0.05) is 13.8 Å². The normalized spacial score (nSPS) is 23.6. The summed E-state index contributed by atoms with van der Waals surface area (Å²) in [6, 6.07) is 0. The molecule has 0 bridgehead atoms. The summed E-state index contributed by atoms with van der Waals surface area (Å²) < 4.78 is 24.2. The Morgan fingerprint density at radius 2 is 1.85 bits per heavy atom. The molecule has 3 nitrogen and oxygen atoms in total. The second-order valence-corrected chi connectivity index (χ2v) is 6.04. The highest BCUT2D eigenvalue weighted by Crippen LogP contribution is 2.37. The maximum absolute atomic E-state index is 11.3. The molecular weight excluding hydrogens is 186 g/mol. The molecule has 0 amide bonds. The van der Waals surface area contributed by atoms with E-state index in [2.05, 4.69) is 13.8 Å². The van der Waals surface area contributed by atoms with Gasteiger partial charge in [-0.25, -0.2) is 12.7 Å². The van der Waals surface area contributed by atoms with Crippen molar-refractivity contribution in [1.29, 1.82) is 0 Å². The topological polar surface area (TPSA) is 37.4 Å². The molecule has 0 aliphatic carbocycles. The van der Waals surface area contributed by atoms with E-state index in [1.165, 1.54) is 6.26 Å². The van der Waals surface area contributed by atoms with Gasteiger partial charge in [-0.3, -0.25) is 0 Å². The van der Waals surface area contributed by atoms with Crippen LogP contribution in [0.3, 0.4) is 0 Å². The predicted octanol–water partition coefficient (Wildman–Crippen LogP) is 1.46. The Kier molecular flexibility index (Phi) is 3.02. The molecule has 0 aromatic carbocycles. The first kappa shape index (κ1) is 11.0. The fraction of sp³-hybridized carbons (Fsp3) is 1.00. The fourth-order valence-corrected chi connectivity index (χ4v) is 2.94. The number of sulfonamides is 1. The second-order valence-electron chi connectivity index (χ2n) is 4.05. The second kappa shape index (κ2) is 3.58. The Morgan fingerprint density at radius 3 is 2.08 bits per heavy atom. The molecule has 0 atom stereocenters. The Balaban J connectivity index is 2.73. The van der Waals surface area contributed by atoms with Gasteiger partial charge in [0.15, 0.2) is 0 Å². The zero-order chi connectivity index (χ0) is 10.1. The van der Waals surface area contributed by atoms with Gasteiger partial charge < -0.3 is 0 Å². The van der Waals surface area contributed by atoms with Crippen molar-refractivity contribution in [3.8, 4) is 0 Å². The van der Waals surface area contributed by atoms with E-state index in [-0.39, 0.29) is 5.41 Å². The van der Waals surface area contributed by atoms with Crippen LogP contribution in [0.15, 0.2) is 0 Å². The van der Waals surface area contributed by atoms with E-state index in [0.717, 1.165) is 25.8 Å². The van der Waals surface area contributed by atoms with E-state index < -0.39 is 10.0 Å². The van der Waals surface area contributed by atoms with Gasteiger partial charge in [0.1, 0.15) is 0 Å². The maximum atomic E-state index is 11.3. The number of rotatable bonds is 3. The van der Waals surface area contributed by atoms with Gasteiger partial charge >= 0.3 is 0 Å². The van der Waals surface area contributed by atoms with Crippen molar-refractivity contribution in [3.05, 3.63) is 0 Å². The Bertz CT molecular complexity index is 267. The first-order valence-corrected chi connectivity index (χ1v) is 6.73. The van der Waals surface area contributed by atoms with Gasteiger partial charge in [-0.15, -0.1) is 0 Å². The lowest BCUT2D eigenvalue weighted by atomic mass is 9.82. The van der Waals surface area contributed by atoms with E-state index in [1.54, 1.807) is 4.31 Å². The minimum atomic E-state index is -2.96. The van der Waals surface area contributed by atoms with Crippen molar-refractivity contribution in [3.63, 3.8) is 0 Å². The van der Waals surface area contributed by atoms with Crippen molar-refractivity contribution in [2.75, 3.05) is 19.3 Å². The molecule has 0 unspecified atom stereocenters. The zero-order valence-electron chi connectivity index (χ0n) is 8.71. The van der Waals surface area contributed by atoms with Crippen LogP contribution in [0.5, 0.6) is 0 Å². The lowest BCUT2D eigenvalue weighted by Gasteiger charge is -2.25. The molecule has 0 aromatic heterocycles. The highest BCUT2D eigenvalue weighted by molar-refractivity contribution is 7.88. The maximum Gasteiger partial charge on any atom is 0.211 e. The van der Waals surface area contributed by atoms with Gasteiger partial charge in [-0.05, 0) is 24.7 Å². The quantitative estimate of drug-likeness (QED) is 0.699. The third-order valence-electron chi connectivity index (χ3n) is 3.37. The molecule has 13 heavy (non-hydrogen) atoms. The van der Waals surface area contributed by atoms with Crippen LogP contribution in [0.1, 0.15) is 33.1 Å². The third-order valence-corrected chi connectivity index (χ3v) is 4.62. The average molecular weight is 205 g/mol. The molecule has 0 saturated carbocycles. The summed E-state index contributed by atoms with van der Waals surface area (Å²) in [4.78, 5) is 0. The Hall–Kier alpha value is -0.0900. The summed E-state index contributed by atoms with van der Waals surface area (Å²) in [6.07, 6.45) is 4.48. The monoisotopic (exact) mass is 205 g/mol. The van der Waals surface area contributed by atoms with Crippen LogP contribution >= 0.6 is 0 Å². The summed E-state index contributed by atoms with van der Waals surface area (Å²) >= 11 is 0.